The Hall–Kier alpha value is -1.88. The smallest absolute Gasteiger partial charge is 0.223 e. The summed E-state index contributed by atoms with van der Waals surface area (Å²) >= 11 is 0. The molecule has 5 heteroatoms. The third-order valence-electron chi connectivity index (χ3n) is 2.83. The Balaban J connectivity index is 2.01. The molecule has 0 unspecified atom stereocenters. The highest BCUT2D eigenvalue weighted by atomic mass is 16.3. The molecule has 1 heterocycles. The Kier molecular flexibility index (Phi) is 3.94. The number of hydrogen-bond donors (Lipinski definition) is 1. The molecule has 1 aromatic carbocycles. The van der Waals surface area contributed by atoms with Crippen LogP contribution in [-0.2, 0) is 11.3 Å². The van der Waals surface area contributed by atoms with Gasteiger partial charge < -0.3 is 14.6 Å². The van der Waals surface area contributed by atoms with Crippen LogP contribution in [0.4, 0.5) is 0 Å². The van der Waals surface area contributed by atoms with E-state index in [-0.39, 0.29) is 5.91 Å². The van der Waals surface area contributed by atoms with Gasteiger partial charge in [0, 0.05) is 26.6 Å². The minimum atomic E-state index is 0.127. The van der Waals surface area contributed by atoms with Crippen LogP contribution in [0.1, 0.15) is 12.0 Å². The normalized spacial score (nSPS) is 10.8. The Bertz CT molecular complexity index is 536. The molecule has 0 fully saturated rings. The van der Waals surface area contributed by atoms with E-state index in [2.05, 4.69) is 10.3 Å². The van der Waals surface area contributed by atoms with E-state index in [1.165, 1.54) is 6.39 Å². The van der Waals surface area contributed by atoms with Crippen molar-refractivity contribution in [1.82, 2.24) is 15.2 Å². The van der Waals surface area contributed by atoms with Gasteiger partial charge >= 0.3 is 0 Å². The Morgan fingerprint density at radius 3 is 3.11 bits per heavy atom. The molecule has 96 valence electrons. The second kappa shape index (κ2) is 5.64. The lowest BCUT2D eigenvalue weighted by molar-refractivity contribution is -0.130. The number of carbonyl (C=O) groups excluding carboxylic acids is 1. The first-order valence-corrected chi connectivity index (χ1v) is 5.91. The second-order valence-corrected chi connectivity index (χ2v) is 4.26. The summed E-state index contributed by atoms with van der Waals surface area (Å²) < 4.78 is 5.24. The Morgan fingerprint density at radius 1 is 1.50 bits per heavy atom. The summed E-state index contributed by atoms with van der Waals surface area (Å²) in [7, 11) is 3.65. The molecule has 1 aromatic heterocycles. The van der Waals surface area contributed by atoms with Crippen LogP contribution < -0.4 is 5.32 Å². The predicted molar refractivity (Wildman–Crippen MR) is 69.0 cm³/mol. The maximum atomic E-state index is 11.8. The van der Waals surface area contributed by atoms with Crippen molar-refractivity contribution < 1.29 is 9.21 Å². The van der Waals surface area contributed by atoms with Gasteiger partial charge in [0.2, 0.25) is 5.91 Å². The zero-order valence-electron chi connectivity index (χ0n) is 10.6. The van der Waals surface area contributed by atoms with E-state index >= 15 is 0 Å². The SMILES string of the molecule is CNCCC(=O)N(C)Cc1ccc2ncoc2c1. The molecule has 0 radical (unpaired) electrons. The summed E-state index contributed by atoms with van der Waals surface area (Å²) in [6.07, 6.45) is 1.94. The molecule has 0 spiro atoms. The van der Waals surface area contributed by atoms with Crippen LogP contribution in [0.15, 0.2) is 29.0 Å². The number of amides is 1. The van der Waals surface area contributed by atoms with Crippen LogP contribution in [0.5, 0.6) is 0 Å². The van der Waals surface area contributed by atoms with E-state index < -0.39 is 0 Å². The van der Waals surface area contributed by atoms with Crippen LogP contribution in [0.2, 0.25) is 0 Å². The first-order chi connectivity index (χ1) is 8.70. The molecule has 5 nitrogen and oxygen atoms in total. The summed E-state index contributed by atoms with van der Waals surface area (Å²) in [6.45, 7) is 1.28. The van der Waals surface area contributed by atoms with Crippen LogP contribution in [-0.4, -0.2) is 36.4 Å². The lowest BCUT2D eigenvalue weighted by Gasteiger charge is -2.17. The number of hydrogen-bond acceptors (Lipinski definition) is 4. The quantitative estimate of drug-likeness (QED) is 0.867. The highest BCUT2D eigenvalue weighted by Crippen LogP contribution is 2.15. The monoisotopic (exact) mass is 247 g/mol. The number of carbonyl (C=O) groups is 1. The number of rotatable bonds is 5. The van der Waals surface area contributed by atoms with Crippen molar-refractivity contribution in [2.45, 2.75) is 13.0 Å². The molecule has 0 saturated heterocycles. The number of aromatic nitrogens is 1. The van der Waals surface area contributed by atoms with E-state index in [0.29, 0.717) is 19.5 Å². The van der Waals surface area contributed by atoms with Gasteiger partial charge in [-0.15, -0.1) is 0 Å². The molecular weight excluding hydrogens is 230 g/mol. The van der Waals surface area contributed by atoms with Crippen LogP contribution in [0, 0.1) is 0 Å². The van der Waals surface area contributed by atoms with Gasteiger partial charge in [-0.1, -0.05) is 6.07 Å². The van der Waals surface area contributed by atoms with Crippen molar-refractivity contribution in [2.24, 2.45) is 0 Å². The maximum Gasteiger partial charge on any atom is 0.223 e. The molecule has 18 heavy (non-hydrogen) atoms. The highest BCUT2D eigenvalue weighted by Gasteiger charge is 2.09. The fourth-order valence-corrected chi connectivity index (χ4v) is 1.78. The van der Waals surface area contributed by atoms with Crippen molar-refractivity contribution in [3.63, 3.8) is 0 Å². The third-order valence-corrected chi connectivity index (χ3v) is 2.83. The number of nitrogens with one attached hydrogen (secondary N) is 1. The van der Waals surface area contributed by atoms with Gasteiger partial charge in [-0.2, -0.15) is 0 Å². The molecule has 0 aliphatic heterocycles. The van der Waals surface area contributed by atoms with Crippen molar-refractivity contribution in [3.05, 3.63) is 30.2 Å². The summed E-state index contributed by atoms with van der Waals surface area (Å²) in [4.78, 5) is 17.5. The fraction of sp³-hybridized carbons (Fsp3) is 0.385. The number of fused-ring (bicyclic) bond motifs is 1. The molecule has 0 aliphatic carbocycles. The van der Waals surface area contributed by atoms with Crippen molar-refractivity contribution in [1.29, 1.82) is 0 Å². The molecular formula is C13H17N3O2. The van der Waals surface area contributed by atoms with Gasteiger partial charge in [-0.05, 0) is 24.7 Å². The molecule has 0 bridgehead atoms. The fourth-order valence-electron chi connectivity index (χ4n) is 1.78. The number of nitrogens with zero attached hydrogens (tertiary/aromatic N) is 2. The molecule has 1 amide bonds. The van der Waals surface area contributed by atoms with E-state index in [9.17, 15) is 4.79 Å². The minimum Gasteiger partial charge on any atom is -0.443 e. The van der Waals surface area contributed by atoms with Crippen molar-refractivity contribution in [2.75, 3.05) is 20.6 Å². The molecule has 2 aromatic rings. The molecule has 0 aliphatic rings. The van der Waals surface area contributed by atoms with Crippen LogP contribution >= 0.6 is 0 Å². The van der Waals surface area contributed by atoms with Gasteiger partial charge in [0.15, 0.2) is 12.0 Å². The average molecular weight is 247 g/mol. The average Bonchev–Trinajstić information content (AvgIpc) is 2.83. The zero-order chi connectivity index (χ0) is 13.0. The predicted octanol–water partition coefficient (Wildman–Crippen LogP) is 1.40. The zero-order valence-corrected chi connectivity index (χ0v) is 10.6. The van der Waals surface area contributed by atoms with E-state index in [1.54, 1.807) is 4.90 Å². The summed E-state index contributed by atoms with van der Waals surface area (Å²) in [5, 5.41) is 2.97. The van der Waals surface area contributed by atoms with E-state index in [4.69, 9.17) is 4.42 Å². The minimum absolute atomic E-state index is 0.127. The molecule has 0 saturated carbocycles. The van der Waals surface area contributed by atoms with Gasteiger partial charge in [-0.3, -0.25) is 4.79 Å². The van der Waals surface area contributed by atoms with Crippen molar-refractivity contribution in [3.8, 4) is 0 Å². The van der Waals surface area contributed by atoms with E-state index in [0.717, 1.165) is 16.7 Å². The maximum absolute atomic E-state index is 11.8. The second-order valence-electron chi connectivity index (χ2n) is 4.26. The third kappa shape index (κ3) is 2.87. The first kappa shape index (κ1) is 12.6. The van der Waals surface area contributed by atoms with Crippen LogP contribution in [0.3, 0.4) is 0 Å². The highest BCUT2D eigenvalue weighted by molar-refractivity contribution is 5.76. The van der Waals surface area contributed by atoms with Gasteiger partial charge in [-0.25, -0.2) is 4.98 Å². The van der Waals surface area contributed by atoms with Crippen molar-refractivity contribution >= 4 is 17.0 Å². The number of benzene rings is 1. The lowest BCUT2D eigenvalue weighted by Crippen LogP contribution is -2.28. The molecule has 1 N–H and O–H groups in total. The molecule has 0 atom stereocenters. The van der Waals surface area contributed by atoms with Gasteiger partial charge in [0.1, 0.15) is 5.52 Å². The summed E-state index contributed by atoms with van der Waals surface area (Å²) in [5.41, 5.74) is 2.63. The van der Waals surface area contributed by atoms with Crippen LogP contribution in [0.25, 0.3) is 11.1 Å². The Morgan fingerprint density at radius 2 is 2.33 bits per heavy atom. The Labute approximate surface area is 106 Å². The lowest BCUT2D eigenvalue weighted by atomic mass is 10.2. The summed E-state index contributed by atoms with van der Waals surface area (Å²) in [6, 6.07) is 5.79. The summed E-state index contributed by atoms with van der Waals surface area (Å²) in [5.74, 6) is 0.127. The van der Waals surface area contributed by atoms with E-state index in [1.807, 2.05) is 32.3 Å². The number of oxazole rings is 1. The van der Waals surface area contributed by atoms with Gasteiger partial charge in [0.25, 0.3) is 0 Å². The largest absolute Gasteiger partial charge is 0.443 e. The van der Waals surface area contributed by atoms with Gasteiger partial charge in [0.05, 0.1) is 0 Å². The first-order valence-electron chi connectivity index (χ1n) is 5.91. The molecule has 2 rings (SSSR count). The standard InChI is InChI=1S/C13H17N3O2/c1-14-6-5-13(17)16(2)8-10-3-4-11-12(7-10)18-9-15-11/h3-4,7,9,14H,5-6,8H2,1-2H3. The topological polar surface area (TPSA) is 58.4 Å².